The quantitative estimate of drug-likeness (QED) is 0.854. The van der Waals surface area contributed by atoms with E-state index in [-0.39, 0.29) is 11.9 Å². The Bertz CT molecular complexity index is 952. The van der Waals surface area contributed by atoms with Crippen LogP contribution in [0.15, 0.2) is 78.3 Å². The fourth-order valence-corrected chi connectivity index (χ4v) is 4.15. The number of rotatable bonds is 3. The van der Waals surface area contributed by atoms with Crippen LogP contribution in [-0.2, 0) is 6.54 Å². The molecule has 0 radical (unpaired) electrons. The third-order valence-electron chi connectivity index (χ3n) is 5.78. The molecule has 144 valence electrons. The zero-order chi connectivity index (χ0) is 19.8. The first-order valence-corrected chi connectivity index (χ1v) is 9.63. The Morgan fingerprint density at radius 3 is 2.43 bits per heavy atom. The van der Waals surface area contributed by atoms with Gasteiger partial charge in [0.1, 0.15) is 5.82 Å². The van der Waals surface area contributed by atoms with Gasteiger partial charge in [-0.1, -0.05) is 36.9 Å². The molecule has 28 heavy (non-hydrogen) atoms. The van der Waals surface area contributed by atoms with E-state index in [2.05, 4.69) is 54.5 Å². The molecule has 1 fully saturated rings. The third-order valence-corrected chi connectivity index (χ3v) is 5.78. The van der Waals surface area contributed by atoms with Crippen molar-refractivity contribution in [3.63, 3.8) is 0 Å². The molecule has 2 aliphatic rings. The van der Waals surface area contributed by atoms with Crippen molar-refractivity contribution in [3.8, 4) is 0 Å². The maximum atomic E-state index is 13.6. The SMILES string of the molecule is C=C1C=C2C(c3ccc(F)cc3)N(Cc3c(C)cccc3C)CCN2C=C1N. The molecule has 4 rings (SSSR count). The molecule has 2 aromatic rings. The van der Waals surface area contributed by atoms with Crippen LogP contribution in [0.4, 0.5) is 4.39 Å². The van der Waals surface area contributed by atoms with Gasteiger partial charge in [-0.15, -0.1) is 0 Å². The van der Waals surface area contributed by atoms with Gasteiger partial charge in [-0.25, -0.2) is 4.39 Å². The van der Waals surface area contributed by atoms with Gasteiger partial charge in [0.2, 0.25) is 0 Å². The Morgan fingerprint density at radius 2 is 1.75 bits per heavy atom. The molecule has 1 unspecified atom stereocenters. The van der Waals surface area contributed by atoms with Crippen molar-refractivity contribution in [2.75, 3.05) is 13.1 Å². The van der Waals surface area contributed by atoms with E-state index in [1.54, 1.807) is 0 Å². The first kappa shape index (κ1) is 18.5. The van der Waals surface area contributed by atoms with Crippen LogP contribution < -0.4 is 5.73 Å². The van der Waals surface area contributed by atoms with Gasteiger partial charge in [-0.3, -0.25) is 4.90 Å². The molecule has 0 bridgehead atoms. The van der Waals surface area contributed by atoms with Gasteiger partial charge in [0, 0.05) is 31.5 Å². The van der Waals surface area contributed by atoms with Crippen LogP contribution >= 0.6 is 0 Å². The Morgan fingerprint density at radius 1 is 1.07 bits per heavy atom. The van der Waals surface area contributed by atoms with Crippen LogP contribution in [-0.4, -0.2) is 22.9 Å². The van der Waals surface area contributed by atoms with E-state index >= 15 is 0 Å². The Labute approximate surface area is 166 Å². The Balaban J connectivity index is 1.76. The number of piperazine rings is 1. The van der Waals surface area contributed by atoms with Crippen LogP contribution in [0.3, 0.4) is 0 Å². The second-order valence-electron chi connectivity index (χ2n) is 7.67. The van der Waals surface area contributed by atoms with E-state index in [4.69, 9.17) is 5.73 Å². The van der Waals surface area contributed by atoms with Gasteiger partial charge in [-0.05, 0) is 59.9 Å². The summed E-state index contributed by atoms with van der Waals surface area (Å²) in [6.07, 6.45) is 4.05. The summed E-state index contributed by atoms with van der Waals surface area (Å²) in [5.74, 6) is -0.219. The molecule has 2 aromatic carbocycles. The Kier molecular flexibility index (Phi) is 4.82. The average molecular weight is 375 g/mol. The van der Waals surface area contributed by atoms with Gasteiger partial charge < -0.3 is 10.6 Å². The minimum Gasteiger partial charge on any atom is -0.397 e. The predicted molar refractivity (Wildman–Crippen MR) is 112 cm³/mol. The molecule has 0 amide bonds. The molecule has 2 N–H and O–H groups in total. The largest absolute Gasteiger partial charge is 0.397 e. The zero-order valence-corrected chi connectivity index (χ0v) is 16.5. The van der Waals surface area contributed by atoms with E-state index in [9.17, 15) is 4.39 Å². The summed E-state index contributed by atoms with van der Waals surface area (Å²) in [4.78, 5) is 4.67. The molecule has 3 nitrogen and oxygen atoms in total. The number of hydrogen-bond acceptors (Lipinski definition) is 3. The number of nitrogens with two attached hydrogens (primary N) is 1. The molecule has 2 heterocycles. The lowest BCUT2D eigenvalue weighted by atomic mass is 9.93. The Hall–Kier alpha value is -2.85. The lowest BCUT2D eigenvalue weighted by molar-refractivity contribution is 0.134. The standard InChI is InChI=1S/C24H26FN3/c1-16-5-4-6-17(2)21(16)14-28-12-11-27-15-22(26)18(3)13-23(27)24(28)19-7-9-20(25)10-8-19/h4-10,13,15,24H,3,11-12,14,26H2,1-2H3. The summed E-state index contributed by atoms with van der Waals surface area (Å²) >= 11 is 0. The first-order valence-electron chi connectivity index (χ1n) is 9.63. The van der Waals surface area contributed by atoms with Crippen molar-refractivity contribution in [2.45, 2.75) is 26.4 Å². The minimum absolute atomic E-state index is 0.0226. The molecule has 1 atom stereocenters. The molecule has 0 aromatic heterocycles. The monoisotopic (exact) mass is 375 g/mol. The van der Waals surface area contributed by atoms with Gasteiger partial charge in [0.05, 0.1) is 11.7 Å². The van der Waals surface area contributed by atoms with Gasteiger partial charge >= 0.3 is 0 Å². The van der Waals surface area contributed by atoms with E-state index < -0.39 is 0 Å². The van der Waals surface area contributed by atoms with Crippen molar-refractivity contribution in [2.24, 2.45) is 5.73 Å². The first-order chi connectivity index (χ1) is 13.4. The van der Waals surface area contributed by atoms with Gasteiger partial charge in [-0.2, -0.15) is 0 Å². The van der Waals surface area contributed by atoms with E-state index in [0.717, 1.165) is 36.5 Å². The molecular formula is C24H26FN3. The zero-order valence-electron chi connectivity index (χ0n) is 16.5. The predicted octanol–water partition coefficient (Wildman–Crippen LogP) is 4.56. The van der Waals surface area contributed by atoms with Gasteiger partial charge in [0.25, 0.3) is 0 Å². The highest BCUT2D eigenvalue weighted by Crippen LogP contribution is 2.39. The second-order valence-corrected chi connectivity index (χ2v) is 7.67. The van der Waals surface area contributed by atoms with Crippen molar-refractivity contribution < 1.29 is 4.39 Å². The van der Waals surface area contributed by atoms with E-state index in [1.165, 1.54) is 28.8 Å². The van der Waals surface area contributed by atoms with Crippen molar-refractivity contribution in [3.05, 3.63) is 106 Å². The number of benzene rings is 2. The highest BCUT2D eigenvalue weighted by Gasteiger charge is 2.34. The number of allylic oxidation sites excluding steroid dienone is 1. The van der Waals surface area contributed by atoms with Crippen molar-refractivity contribution in [1.82, 2.24) is 9.80 Å². The second kappa shape index (κ2) is 7.28. The summed E-state index contributed by atoms with van der Waals surface area (Å²) in [5.41, 5.74) is 13.8. The molecule has 4 heteroatoms. The summed E-state index contributed by atoms with van der Waals surface area (Å²) in [5, 5.41) is 0. The normalized spacial score (nSPS) is 19.9. The smallest absolute Gasteiger partial charge is 0.123 e. The summed E-state index contributed by atoms with van der Waals surface area (Å²) in [7, 11) is 0. The van der Waals surface area contributed by atoms with Crippen LogP contribution in [0.1, 0.15) is 28.3 Å². The van der Waals surface area contributed by atoms with Crippen molar-refractivity contribution >= 4 is 0 Å². The number of aryl methyl sites for hydroxylation is 2. The molecule has 0 spiro atoms. The molecule has 1 saturated heterocycles. The highest BCUT2D eigenvalue weighted by molar-refractivity contribution is 5.45. The minimum atomic E-state index is -0.219. The third kappa shape index (κ3) is 3.36. The molecule has 2 aliphatic heterocycles. The maximum Gasteiger partial charge on any atom is 0.123 e. The number of halogens is 1. The fraction of sp³-hybridized carbons (Fsp3) is 0.250. The average Bonchev–Trinajstić information content (AvgIpc) is 2.67. The molecular weight excluding hydrogens is 349 g/mol. The van der Waals surface area contributed by atoms with Gasteiger partial charge in [0.15, 0.2) is 0 Å². The number of hydrogen-bond donors (Lipinski definition) is 1. The summed E-state index contributed by atoms with van der Waals surface area (Å²) in [6, 6.07) is 13.3. The summed E-state index contributed by atoms with van der Waals surface area (Å²) < 4.78 is 13.6. The van der Waals surface area contributed by atoms with Crippen molar-refractivity contribution in [1.29, 1.82) is 0 Å². The van der Waals surface area contributed by atoms with E-state index in [0.29, 0.717) is 5.70 Å². The maximum absolute atomic E-state index is 13.6. The van der Waals surface area contributed by atoms with Crippen LogP contribution in [0.5, 0.6) is 0 Å². The fourth-order valence-electron chi connectivity index (χ4n) is 4.15. The molecule has 0 saturated carbocycles. The van der Waals surface area contributed by atoms with Crippen LogP contribution in [0.2, 0.25) is 0 Å². The lowest BCUT2D eigenvalue weighted by Gasteiger charge is -2.45. The number of nitrogens with zero attached hydrogens (tertiary/aromatic N) is 2. The van der Waals surface area contributed by atoms with E-state index in [1.807, 2.05) is 18.3 Å². The lowest BCUT2D eigenvalue weighted by Crippen LogP contribution is -2.45. The summed E-state index contributed by atoms with van der Waals surface area (Å²) in [6.45, 7) is 11.0. The molecule has 0 aliphatic carbocycles. The number of fused-ring (bicyclic) bond motifs is 1. The van der Waals surface area contributed by atoms with Crippen LogP contribution in [0, 0.1) is 19.7 Å². The topological polar surface area (TPSA) is 32.5 Å². The van der Waals surface area contributed by atoms with Crippen LogP contribution in [0.25, 0.3) is 0 Å². The highest BCUT2D eigenvalue weighted by atomic mass is 19.1.